The number of methoxy groups -OCH3 is 2. The van der Waals surface area contributed by atoms with E-state index in [-0.39, 0.29) is 6.10 Å². The minimum Gasteiger partial charge on any atom is -0.382 e. The van der Waals surface area contributed by atoms with Gasteiger partial charge in [0, 0.05) is 39.4 Å². The van der Waals surface area contributed by atoms with Gasteiger partial charge in [-0.3, -0.25) is 0 Å². The summed E-state index contributed by atoms with van der Waals surface area (Å²) < 4.78 is 10.5. The molecule has 2 fully saturated rings. The average Bonchev–Trinajstić information content (AvgIpc) is 2.80. The Hall–Kier alpha value is -0.160. The Balaban J connectivity index is 1.62. The summed E-state index contributed by atoms with van der Waals surface area (Å²) in [6, 6.07) is 1.45. The molecule has 1 saturated heterocycles. The number of hydrogen-bond donors (Lipinski definition) is 2. The molecule has 2 rings (SSSR count). The van der Waals surface area contributed by atoms with Crippen LogP contribution in [0.5, 0.6) is 0 Å². The molecule has 1 aliphatic carbocycles. The van der Waals surface area contributed by atoms with E-state index < -0.39 is 0 Å². The van der Waals surface area contributed by atoms with Crippen molar-refractivity contribution in [3.8, 4) is 0 Å². The molecule has 4 unspecified atom stereocenters. The predicted octanol–water partition coefficient (Wildman–Crippen LogP) is 1.16. The second kappa shape index (κ2) is 7.43. The molecule has 2 aliphatic rings. The smallest absolute Gasteiger partial charge is 0.0928 e. The fourth-order valence-electron chi connectivity index (χ4n) is 3.40. The molecule has 18 heavy (non-hydrogen) atoms. The minimum atomic E-state index is 0.165. The van der Waals surface area contributed by atoms with E-state index in [1.165, 1.54) is 32.1 Å². The van der Waals surface area contributed by atoms with Gasteiger partial charge < -0.3 is 20.1 Å². The molecule has 0 amide bonds. The SMILES string of the molecule is COCC(CNCC1CC2CCCCC2N1)OC. The Bertz CT molecular complexity index is 224. The van der Waals surface area contributed by atoms with Crippen molar-refractivity contribution in [1.82, 2.24) is 10.6 Å². The van der Waals surface area contributed by atoms with Crippen LogP contribution in [0.3, 0.4) is 0 Å². The summed E-state index contributed by atoms with van der Waals surface area (Å²) >= 11 is 0. The third-order valence-corrected chi connectivity index (χ3v) is 4.39. The molecule has 0 aromatic carbocycles. The number of nitrogens with one attached hydrogen (secondary N) is 2. The predicted molar refractivity (Wildman–Crippen MR) is 72.8 cm³/mol. The number of hydrogen-bond acceptors (Lipinski definition) is 4. The van der Waals surface area contributed by atoms with Crippen molar-refractivity contribution in [3.05, 3.63) is 0 Å². The second-order valence-corrected chi connectivity index (χ2v) is 5.72. The van der Waals surface area contributed by atoms with E-state index >= 15 is 0 Å². The van der Waals surface area contributed by atoms with Gasteiger partial charge in [0.1, 0.15) is 0 Å². The second-order valence-electron chi connectivity index (χ2n) is 5.72. The zero-order chi connectivity index (χ0) is 12.8. The van der Waals surface area contributed by atoms with E-state index in [0.29, 0.717) is 12.6 Å². The normalized spacial score (nSPS) is 33.3. The van der Waals surface area contributed by atoms with Crippen LogP contribution in [0.1, 0.15) is 32.1 Å². The van der Waals surface area contributed by atoms with Crippen molar-refractivity contribution in [3.63, 3.8) is 0 Å². The van der Waals surface area contributed by atoms with Gasteiger partial charge in [-0.25, -0.2) is 0 Å². The number of rotatable bonds is 7. The van der Waals surface area contributed by atoms with E-state index in [0.717, 1.165) is 25.0 Å². The first-order valence-electron chi connectivity index (χ1n) is 7.32. The summed E-state index contributed by atoms with van der Waals surface area (Å²) in [7, 11) is 3.46. The van der Waals surface area contributed by atoms with Gasteiger partial charge in [0.25, 0.3) is 0 Å². The highest BCUT2D eigenvalue weighted by atomic mass is 16.5. The number of ether oxygens (including phenoxy) is 2. The van der Waals surface area contributed by atoms with Crippen molar-refractivity contribution in [2.45, 2.75) is 50.3 Å². The Morgan fingerprint density at radius 2 is 2.11 bits per heavy atom. The zero-order valence-corrected chi connectivity index (χ0v) is 11.8. The zero-order valence-electron chi connectivity index (χ0n) is 11.8. The molecule has 0 aromatic heterocycles. The molecule has 106 valence electrons. The molecule has 1 heterocycles. The van der Waals surface area contributed by atoms with Crippen LogP contribution in [0.25, 0.3) is 0 Å². The highest BCUT2D eigenvalue weighted by Gasteiger charge is 2.34. The Kier molecular flexibility index (Phi) is 5.89. The van der Waals surface area contributed by atoms with Gasteiger partial charge in [-0.05, 0) is 25.2 Å². The van der Waals surface area contributed by atoms with Crippen molar-refractivity contribution in [2.24, 2.45) is 5.92 Å². The topological polar surface area (TPSA) is 42.5 Å². The van der Waals surface area contributed by atoms with Crippen LogP contribution in [0, 0.1) is 5.92 Å². The van der Waals surface area contributed by atoms with Gasteiger partial charge >= 0.3 is 0 Å². The Morgan fingerprint density at radius 1 is 1.28 bits per heavy atom. The first-order valence-corrected chi connectivity index (χ1v) is 7.32. The third-order valence-electron chi connectivity index (χ3n) is 4.39. The molecule has 0 bridgehead atoms. The van der Waals surface area contributed by atoms with Crippen molar-refractivity contribution in [2.75, 3.05) is 33.9 Å². The Labute approximate surface area is 111 Å². The van der Waals surface area contributed by atoms with Crippen LogP contribution < -0.4 is 10.6 Å². The first-order chi connectivity index (χ1) is 8.83. The number of fused-ring (bicyclic) bond motifs is 1. The third kappa shape index (κ3) is 3.92. The van der Waals surface area contributed by atoms with E-state index in [1.807, 2.05) is 0 Å². The van der Waals surface area contributed by atoms with E-state index in [4.69, 9.17) is 9.47 Å². The summed E-state index contributed by atoms with van der Waals surface area (Å²) in [5.41, 5.74) is 0. The molecule has 0 radical (unpaired) electrons. The molecule has 0 spiro atoms. The molecular weight excluding hydrogens is 228 g/mol. The lowest BCUT2D eigenvalue weighted by Crippen LogP contribution is -2.41. The van der Waals surface area contributed by atoms with Gasteiger partial charge in [0.2, 0.25) is 0 Å². The standard InChI is InChI=1S/C14H28N2O2/c1-17-10-13(18-2)9-15-8-12-7-11-5-3-4-6-14(11)16-12/h11-16H,3-10H2,1-2H3. The van der Waals surface area contributed by atoms with Gasteiger partial charge in [-0.2, -0.15) is 0 Å². The summed E-state index contributed by atoms with van der Waals surface area (Å²) in [5.74, 6) is 0.933. The van der Waals surface area contributed by atoms with Gasteiger partial charge in [-0.1, -0.05) is 12.8 Å². The van der Waals surface area contributed by atoms with Gasteiger partial charge in [0.05, 0.1) is 12.7 Å². The summed E-state index contributed by atoms with van der Waals surface area (Å²) in [4.78, 5) is 0. The maximum absolute atomic E-state index is 5.34. The van der Waals surface area contributed by atoms with Crippen molar-refractivity contribution in [1.29, 1.82) is 0 Å². The van der Waals surface area contributed by atoms with Crippen LogP contribution in [0.4, 0.5) is 0 Å². The first kappa shape index (κ1) is 14.3. The van der Waals surface area contributed by atoms with Crippen molar-refractivity contribution < 1.29 is 9.47 Å². The highest BCUT2D eigenvalue weighted by molar-refractivity contribution is 4.93. The van der Waals surface area contributed by atoms with Crippen LogP contribution >= 0.6 is 0 Å². The molecule has 4 heteroatoms. The maximum Gasteiger partial charge on any atom is 0.0928 e. The summed E-state index contributed by atoms with van der Waals surface area (Å²) in [6.07, 6.45) is 7.17. The fourth-order valence-corrected chi connectivity index (χ4v) is 3.40. The molecule has 0 aromatic rings. The molecule has 1 saturated carbocycles. The van der Waals surface area contributed by atoms with Crippen LogP contribution in [0.15, 0.2) is 0 Å². The lowest BCUT2D eigenvalue weighted by molar-refractivity contribution is 0.0288. The largest absolute Gasteiger partial charge is 0.382 e. The van der Waals surface area contributed by atoms with Crippen LogP contribution in [-0.4, -0.2) is 52.1 Å². The van der Waals surface area contributed by atoms with E-state index in [1.54, 1.807) is 14.2 Å². The van der Waals surface area contributed by atoms with E-state index in [2.05, 4.69) is 10.6 Å². The fraction of sp³-hybridized carbons (Fsp3) is 1.00. The lowest BCUT2D eigenvalue weighted by Gasteiger charge is -2.24. The van der Waals surface area contributed by atoms with Crippen molar-refractivity contribution >= 4 is 0 Å². The maximum atomic E-state index is 5.34. The molecule has 4 nitrogen and oxygen atoms in total. The molecular formula is C14H28N2O2. The lowest BCUT2D eigenvalue weighted by atomic mass is 9.85. The minimum absolute atomic E-state index is 0.165. The summed E-state index contributed by atoms with van der Waals surface area (Å²) in [5, 5.41) is 7.29. The molecule has 1 aliphatic heterocycles. The quantitative estimate of drug-likeness (QED) is 0.717. The molecule has 4 atom stereocenters. The van der Waals surface area contributed by atoms with Gasteiger partial charge in [0.15, 0.2) is 0 Å². The van der Waals surface area contributed by atoms with Crippen LogP contribution in [-0.2, 0) is 9.47 Å². The van der Waals surface area contributed by atoms with Gasteiger partial charge in [-0.15, -0.1) is 0 Å². The Morgan fingerprint density at radius 3 is 2.83 bits per heavy atom. The monoisotopic (exact) mass is 256 g/mol. The van der Waals surface area contributed by atoms with E-state index in [9.17, 15) is 0 Å². The highest BCUT2D eigenvalue weighted by Crippen LogP contribution is 2.32. The van der Waals surface area contributed by atoms with Crippen LogP contribution in [0.2, 0.25) is 0 Å². The molecule has 2 N–H and O–H groups in total. The average molecular weight is 256 g/mol. The summed E-state index contributed by atoms with van der Waals surface area (Å²) in [6.45, 7) is 2.58.